The molecule has 0 radical (unpaired) electrons. The number of fused-ring (bicyclic) bond motifs is 1. The van der Waals surface area contributed by atoms with E-state index in [1.165, 1.54) is 36.4 Å². The Balaban J connectivity index is 1.39. The van der Waals surface area contributed by atoms with E-state index in [-0.39, 0.29) is 29.0 Å². The lowest BCUT2D eigenvalue weighted by atomic mass is 10.00. The minimum absolute atomic E-state index is 0.0462. The molecular weight excluding hydrogens is 418 g/mol. The number of allylic oxidation sites excluding steroid dienone is 1. The molecule has 0 saturated carbocycles. The monoisotopic (exact) mass is 438 g/mol. The fourth-order valence-electron chi connectivity index (χ4n) is 4.44. The molecule has 8 nitrogen and oxygen atoms in total. The third-order valence-corrected chi connectivity index (χ3v) is 5.98. The van der Waals surface area contributed by atoms with Gasteiger partial charge in [0.05, 0.1) is 25.2 Å². The van der Waals surface area contributed by atoms with Crippen LogP contribution in [0.5, 0.6) is 5.88 Å². The Bertz CT molecular complexity index is 1230. The topological polar surface area (TPSA) is 86.0 Å². The second-order valence-corrected chi connectivity index (χ2v) is 7.94. The van der Waals surface area contributed by atoms with Crippen LogP contribution in [-0.4, -0.2) is 56.0 Å². The summed E-state index contributed by atoms with van der Waals surface area (Å²) in [6.45, 7) is 2.49. The number of aromatic nitrogens is 5. The number of hydrogen-bond donors (Lipinski definition) is 0. The summed E-state index contributed by atoms with van der Waals surface area (Å²) in [7, 11) is 1.37. The molecule has 1 aromatic carbocycles. The number of carbonyl (C=O) groups is 1. The predicted molar refractivity (Wildman–Crippen MR) is 110 cm³/mol. The fourth-order valence-corrected chi connectivity index (χ4v) is 4.44. The highest BCUT2D eigenvalue weighted by Gasteiger charge is 2.40. The summed E-state index contributed by atoms with van der Waals surface area (Å²) in [5.41, 5.74) is 1.38. The van der Waals surface area contributed by atoms with Gasteiger partial charge in [0.15, 0.2) is 5.82 Å². The van der Waals surface area contributed by atoms with Crippen molar-refractivity contribution in [1.29, 1.82) is 0 Å². The Morgan fingerprint density at radius 3 is 2.66 bits per heavy atom. The Hall–Kier alpha value is -3.69. The maximum Gasteiger partial charge on any atom is 0.259 e. The molecule has 3 aromatic rings. The summed E-state index contributed by atoms with van der Waals surface area (Å²) in [5, 5.41) is 8.07. The Morgan fingerprint density at radius 1 is 1.16 bits per heavy atom. The van der Waals surface area contributed by atoms with E-state index >= 15 is 0 Å². The molecule has 1 aliphatic heterocycles. The zero-order valence-electron chi connectivity index (χ0n) is 17.5. The molecule has 1 fully saturated rings. The third kappa shape index (κ3) is 3.31. The van der Waals surface area contributed by atoms with Crippen molar-refractivity contribution in [3.8, 4) is 11.6 Å². The molecule has 1 amide bonds. The summed E-state index contributed by atoms with van der Waals surface area (Å²) < 4.78 is 33.7. The molecular formula is C22H20F2N6O2. The highest BCUT2D eigenvalue weighted by Crippen LogP contribution is 2.41. The van der Waals surface area contributed by atoms with Gasteiger partial charge < -0.3 is 9.64 Å². The van der Waals surface area contributed by atoms with Gasteiger partial charge in [0, 0.05) is 13.1 Å². The van der Waals surface area contributed by atoms with Crippen molar-refractivity contribution in [3.05, 3.63) is 65.4 Å². The van der Waals surface area contributed by atoms with Gasteiger partial charge in [-0.25, -0.2) is 9.37 Å². The Labute approximate surface area is 182 Å². The summed E-state index contributed by atoms with van der Waals surface area (Å²) in [6, 6.07) is 4.40. The number of halogens is 2. The molecule has 3 heterocycles. The lowest BCUT2D eigenvalue weighted by Crippen LogP contribution is -2.31. The van der Waals surface area contributed by atoms with Gasteiger partial charge in [-0.3, -0.25) is 4.79 Å². The van der Waals surface area contributed by atoms with Crippen LogP contribution in [0.3, 0.4) is 0 Å². The molecule has 2 aliphatic rings. The number of amides is 1. The summed E-state index contributed by atoms with van der Waals surface area (Å²) >= 11 is 0. The summed E-state index contributed by atoms with van der Waals surface area (Å²) in [5.74, 6) is -0.968. The van der Waals surface area contributed by atoms with Crippen molar-refractivity contribution in [2.45, 2.75) is 13.3 Å². The molecule has 0 spiro atoms. The van der Waals surface area contributed by atoms with Crippen LogP contribution in [0, 0.1) is 30.4 Å². The van der Waals surface area contributed by atoms with Crippen LogP contribution >= 0.6 is 0 Å². The molecule has 2 aromatic heterocycles. The quantitative estimate of drug-likeness (QED) is 0.623. The number of hydrogen-bond acceptors (Lipinski definition) is 6. The van der Waals surface area contributed by atoms with Crippen molar-refractivity contribution in [2.75, 3.05) is 20.2 Å². The zero-order chi connectivity index (χ0) is 22.4. The summed E-state index contributed by atoms with van der Waals surface area (Å²) in [4.78, 5) is 24.6. The minimum Gasteiger partial charge on any atom is -0.479 e. The minimum atomic E-state index is -0.611. The molecule has 5 rings (SSSR count). The number of aryl methyl sites for hydroxylation is 1. The van der Waals surface area contributed by atoms with Crippen LogP contribution in [0.1, 0.15) is 28.3 Å². The standard InChI is InChI=1S/C22H20F2N6O2/c1-12-19(24)21(32-2)28-20(27-12)13-8-14-10-29(11-15(14)9-13)22(31)18-16(23)4-3-5-17(18)30-25-6-7-26-30/h3-8,14-15H,9-11H2,1-2H3. The highest BCUT2D eigenvalue weighted by atomic mass is 19.1. The predicted octanol–water partition coefficient (Wildman–Crippen LogP) is 2.83. The molecule has 0 N–H and O–H groups in total. The number of benzene rings is 1. The number of methoxy groups -OCH3 is 1. The van der Waals surface area contributed by atoms with Gasteiger partial charge >= 0.3 is 0 Å². The first-order chi connectivity index (χ1) is 15.5. The molecule has 2 atom stereocenters. The number of carbonyl (C=O) groups excluding carboxylic acids is 1. The largest absolute Gasteiger partial charge is 0.479 e. The van der Waals surface area contributed by atoms with Crippen LogP contribution in [0.2, 0.25) is 0 Å². The number of ether oxygens (including phenoxy) is 1. The van der Waals surface area contributed by atoms with Crippen molar-refractivity contribution in [1.82, 2.24) is 29.9 Å². The number of rotatable bonds is 4. The molecule has 10 heteroatoms. The van der Waals surface area contributed by atoms with Crippen molar-refractivity contribution in [3.63, 3.8) is 0 Å². The SMILES string of the molecule is COc1nc(C2=CC3CN(C(=O)c4c(F)cccc4-n4nccn4)CC3C2)nc(C)c1F. The molecule has 2 unspecified atom stereocenters. The van der Waals surface area contributed by atoms with Crippen molar-refractivity contribution >= 4 is 11.5 Å². The van der Waals surface area contributed by atoms with Gasteiger partial charge in [0.25, 0.3) is 11.8 Å². The van der Waals surface area contributed by atoms with Gasteiger partial charge in [-0.05, 0) is 42.9 Å². The van der Waals surface area contributed by atoms with E-state index < -0.39 is 17.5 Å². The number of nitrogens with zero attached hydrogens (tertiary/aromatic N) is 6. The zero-order valence-corrected chi connectivity index (χ0v) is 17.5. The molecule has 0 bridgehead atoms. The second-order valence-electron chi connectivity index (χ2n) is 7.94. The average molecular weight is 438 g/mol. The Kier molecular flexibility index (Phi) is 4.91. The first-order valence-electron chi connectivity index (χ1n) is 10.2. The molecule has 1 saturated heterocycles. The smallest absolute Gasteiger partial charge is 0.259 e. The van der Waals surface area contributed by atoms with Gasteiger partial charge in [-0.2, -0.15) is 24.4 Å². The first-order valence-corrected chi connectivity index (χ1v) is 10.2. The van der Waals surface area contributed by atoms with E-state index in [0.29, 0.717) is 31.0 Å². The fraction of sp³-hybridized carbons (Fsp3) is 0.318. The van der Waals surface area contributed by atoms with Crippen LogP contribution in [0.4, 0.5) is 8.78 Å². The maximum atomic E-state index is 14.7. The second kappa shape index (κ2) is 7.77. The van der Waals surface area contributed by atoms with E-state index in [2.05, 4.69) is 20.2 Å². The third-order valence-electron chi connectivity index (χ3n) is 5.98. The molecule has 1 aliphatic carbocycles. The number of likely N-dealkylation sites (tertiary alicyclic amines) is 1. The van der Waals surface area contributed by atoms with Crippen LogP contribution in [0.25, 0.3) is 11.3 Å². The van der Waals surface area contributed by atoms with Crippen LogP contribution in [-0.2, 0) is 0 Å². The molecule has 164 valence electrons. The van der Waals surface area contributed by atoms with E-state index in [0.717, 1.165) is 5.57 Å². The van der Waals surface area contributed by atoms with Crippen molar-refractivity contribution in [2.24, 2.45) is 11.8 Å². The van der Waals surface area contributed by atoms with E-state index in [1.807, 2.05) is 6.08 Å². The van der Waals surface area contributed by atoms with Gasteiger partial charge in [-0.1, -0.05) is 12.1 Å². The van der Waals surface area contributed by atoms with Gasteiger partial charge in [-0.15, -0.1) is 0 Å². The maximum absolute atomic E-state index is 14.7. The lowest BCUT2D eigenvalue weighted by molar-refractivity contribution is 0.0780. The van der Waals surface area contributed by atoms with Gasteiger partial charge in [0.1, 0.15) is 17.1 Å². The van der Waals surface area contributed by atoms with E-state index in [1.54, 1.807) is 17.9 Å². The average Bonchev–Trinajstić information content (AvgIpc) is 3.51. The summed E-state index contributed by atoms with van der Waals surface area (Å²) in [6.07, 6.45) is 5.62. The highest BCUT2D eigenvalue weighted by molar-refractivity contribution is 5.98. The van der Waals surface area contributed by atoms with Crippen LogP contribution in [0.15, 0.2) is 36.7 Å². The Morgan fingerprint density at radius 2 is 1.94 bits per heavy atom. The molecule has 32 heavy (non-hydrogen) atoms. The lowest BCUT2D eigenvalue weighted by Gasteiger charge is -2.19. The van der Waals surface area contributed by atoms with Gasteiger partial charge in [0.2, 0.25) is 5.82 Å². The normalized spacial score (nSPS) is 19.8. The van der Waals surface area contributed by atoms with E-state index in [4.69, 9.17) is 4.74 Å². The van der Waals surface area contributed by atoms with E-state index in [9.17, 15) is 13.6 Å². The van der Waals surface area contributed by atoms with Crippen LogP contribution < -0.4 is 4.74 Å². The first kappa shape index (κ1) is 20.2. The van der Waals surface area contributed by atoms with Crippen molar-refractivity contribution < 1.29 is 18.3 Å².